The third-order valence-corrected chi connectivity index (χ3v) is 3.72. The van der Waals surface area contributed by atoms with Crippen molar-refractivity contribution in [2.24, 2.45) is 5.92 Å². The molecule has 0 spiro atoms. The maximum absolute atomic E-state index is 5.85. The van der Waals surface area contributed by atoms with Gasteiger partial charge in [-0.1, -0.05) is 22.4 Å². The van der Waals surface area contributed by atoms with E-state index in [1.165, 1.54) is 19.3 Å². The average Bonchev–Trinajstić information content (AvgIpc) is 2.27. The van der Waals surface area contributed by atoms with Crippen molar-refractivity contribution in [3.63, 3.8) is 0 Å². The van der Waals surface area contributed by atoms with Crippen LogP contribution in [-0.2, 0) is 5.33 Å². The number of ether oxygens (including phenoxy) is 2. The molecule has 0 radical (unpaired) electrons. The highest BCUT2D eigenvalue weighted by molar-refractivity contribution is 9.08. The van der Waals surface area contributed by atoms with E-state index in [4.69, 9.17) is 9.47 Å². The molecule has 0 unspecified atom stereocenters. The van der Waals surface area contributed by atoms with Crippen LogP contribution in [0.15, 0.2) is 18.2 Å². The lowest BCUT2D eigenvalue weighted by Crippen LogP contribution is -2.19. The van der Waals surface area contributed by atoms with E-state index in [1.807, 2.05) is 18.2 Å². The summed E-state index contributed by atoms with van der Waals surface area (Å²) >= 11 is 3.47. The smallest absolute Gasteiger partial charge is 0.123 e. The Morgan fingerprint density at radius 3 is 2.75 bits per heavy atom. The van der Waals surface area contributed by atoms with Gasteiger partial charge in [-0.3, -0.25) is 0 Å². The number of benzene rings is 1. The van der Waals surface area contributed by atoms with Gasteiger partial charge in [0, 0.05) is 10.9 Å². The van der Waals surface area contributed by atoms with E-state index in [0.717, 1.165) is 34.9 Å². The quantitative estimate of drug-likeness (QED) is 0.767. The summed E-state index contributed by atoms with van der Waals surface area (Å²) in [5.74, 6) is 2.63. The number of rotatable bonds is 5. The van der Waals surface area contributed by atoms with Crippen LogP contribution in [0.3, 0.4) is 0 Å². The van der Waals surface area contributed by atoms with Gasteiger partial charge in [-0.2, -0.15) is 0 Å². The van der Waals surface area contributed by atoms with E-state index in [0.29, 0.717) is 0 Å². The molecule has 1 aromatic carbocycles. The highest BCUT2D eigenvalue weighted by atomic mass is 79.9. The van der Waals surface area contributed by atoms with Gasteiger partial charge in [-0.25, -0.2) is 0 Å². The Hall–Kier alpha value is -0.700. The maximum atomic E-state index is 5.85. The zero-order chi connectivity index (χ0) is 11.4. The van der Waals surface area contributed by atoms with Crippen LogP contribution in [0, 0.1) is 5.92 Å². The van der Waals surface area contributed by atoms with Crippen molar-refractivity contribution in [2.45, 2.75) is 24.6 Å². The molecule has 1 aromatic rings. The fourth-order valence-electron chi connectivity index (χ4n) is 1.80. The summed E-state index contributed by atoms with van der Waals surface area (Å²) in [7, 11) is 1.68. The topological polar surface area (TPSA) is 18.5 Å². The number of hydrogen-bond acceptors (Lipinski definition) is 2. The fourth-order valence-corrected chi connectivity index (χ4v) is 2.23. The number of methoxy groups -OCH3 is 1. The number of halogens is 1. The third-order valence-electron chi connectivity index (χ3n) is 3.11. The van der Waals surface area contributed by atoms with Crippen molar-refractivity contribution >= 4 is 15.9 Å². The second-order valence-corrected chi connectivity index (χ2v) is 4.78. The maximum Gasteiger partial charge on any atom is 0.123 e. The molecule has 0 aliphatic heterocycles. The van der Waals surface area contributed by atoms with Gasteiger partial charge in [0.25, 0.3) is 0 Å². The van der Waals surface area contributed by atoms with E-state index in [-0.39, 0.29) is 0 Å². The molecule has 0 amide bonds. The first-order chi connectivity index (χ1) is 7.83. The normalized spacial score (nSPS) is 15.6. The molecule has 2 rings (SSSR count). The molecule has 0 saturated heterocycles. The molecule has 1 fully saturated rings. The van der Waals surface area contributed by atoms with Crippen LogP contribution in [0.2, 0.25) is 0 Å². The van der Waals surface area contributed by atoms with Crippen LogP contribution in [0.4, 0.5) is 0 Å². The molecule has 1 aliphatic rings. The Bertz CT molecular complexity index is 348. The summed E-state index contributed by atoms with van der Waals surface area (Å²) in [5.41, 5.74) is 1.15. The van der Waals surface area contributed by atoms with Crippen LogP contribution < -0.4 is 9.47 Å². The summed E-state index contributed by atoms with van der Waals surface area (Å²) in [4.78, 5) is 0. The molecule has 0 bridgehead atoms. The van der Waals surface area contributed by atoms with Gasteiger partial charge >= 0.3 is 0 Å². The molecular formula is C13H17BrO2. The fraction of sp³-hybridized carbons (Fsp3) is 0.538. The molecule has 0 atom stereocenters. The van der Waals surface area contributed by atoms with Crippen LogP contribution in [0.5, 0.6) is 11.5 Å². The zero-order valence-electron chi connectivity index (χ0n) is 9.54. The van der Waals surface area contributed by atoms with E-state index in [2.05, 4.69) is 15.9 Å². The molecule has 1 saturated carbocycles. The van der Waals surface area contributed by atoms with Crippen molar-refractivity contribution < 1.29 is 9.47 Å². The summed E-state index contributed by atoms with van der Waals surface area (Å²) in [6, 6.07) is 5.96. The largest absolute Gasteiger partial charge is 0.497 e. The van der Waals surface area contributed by atoms with Crippen LogP contribution in [0.25, 0.3) is 0 Å². The first kappa shape index (κ1) is 11.8. The van der Waals surface area contributed by atoms with Gasteiger partial charge in [0.1, 0.15) is 11.5 Å². The lowest BCUT2D eigenvalue weighted by molar-refractivity contribution is 0.179. The van der Waals surface area contributed by atoms with E-state index in [1.54, 1.807) is 7.11 Å². The lowest BCUT2D eigenvalue weighted by Gasteiger charge is -2.25. The second-order valence-electron chi connectivity index (χ2n) is 4.22. The molecular weight excluding hydrogens is 268 g/mol. The van der Waals surface area contributed by atoms with Crippen LogP contribution in [0.1, 0.15) is 24.8 Å². The van der Waals surface area contributed by atoms with Crippen molar-refractivity contribution in [2.75, 3.05) is 13.7 Å². The van der Waals surface area contributed by atoms with Gasteiger partial charge < -0.3 is 9.47 Å². The molecule has 88 valence electrons. The molecule has 0 heterocycles. The summed E-state index contributed by atoms with van der Waals surface area (Å²) in [6.45, 7) is 0.854. The van der Waals surface area contributed by atoms with E-state index in [9.17, 15) is 0 Å². The molecule has 0 N–H and O–H groups in total. The number of alkyl halides is 1. The first-order valence-electron chi connectivity index (χ1n) is 5.69. The average molecular weight is 285 g/mol. The van der Waals surface area contributed by atoms with Crippen LogP contribution >= 0.6 is 15.9 Å². The highest BCUT2D eigenvalue weighted by Gasteiger charge is 2.18. The van der Waals surface area contributed by atoms with Crippen molar-refractivity contribution in [1.82, 2.24) is 0 Å². The van der Waals surface area contributed by atoms with E-state index >= 15 is 0 Å². The second kappa shape index (κ2) is 5.58. The van der Waals surface area contributed by atoms with Crippen LogP contribution in [-0.4, -0.2) is 13.7 Å². The Morgan fingerprint density at radius 1 is 1.38 bits per heavy atom. The van der Waals surface area contributed by atoms with Gasteiger partial charge in [0.2, 0.25) is 0 Å². The van der Waals surface area contributed by atoms with Gasteiger partial charge in [0.05, 0.1) is 13.7 Å². The minimum Gasteiger partial charge on any atom is -0.497 e. The highest BCUT2D eigenvalue weighted by Crippen LogP contribution is 2.30. The lowest BCUT2D eigenvalue weighted by atomic mass is 9.86. The minimum absolute atomic E-state index is 0.769. The Labute approximate surface area is 105 Å². The van der Waals surface area contributed by atoms with Crippen molar-refractivity contribution in [3.8, 4) is 11.5 Å². The standard InChI is InChI=1S/C13H17BrO2/c1-15-12-5-6-13(11(7-12)8-14)16-9-10-3-2-4-10/h5-7,10H,2-4,8-9H2,1H3. The monoisotopic (exact) mass is 284 g/mol. The van der Waals surface area contributed by atoms with Gasteiger partial charge in [-0.05, 0) is 37.0 Å². The van der Waals surface area contributed by atoms with Gasteiger partial charge in [0.15, 0.2) is 0 Å². The predicted octanol–water partition coefficient (Wildman–Crippen LogP) is 3.77. The Morgan fingerprint density at radius 2 is 2.19 bits per heavy atom. The van der Waals surface area contributed by atoms with Gasteiger partial charge in [-0.15, -0.1) is 0 Å². The predicted molar refractivity (Wildman–Crippen MR) is 68.5 cm³/mol. The SMILES string of the molecule is COc1ccc(OCC2CCC2)c(CBr)c1. The van der Waals surface area contributed by atoms with Crippen molar-refractivity contribution in [1.29, 1.82) is 0 Å². The zero-order valence-corrected chi connectivity index (χ0v) is 11.1. The molecule has 2 nitrogen and oxygen atoms in total. The molecule has 16 heavy (non-hydrogen) atoms. The number of hydrogen-bond donors (Lipinski definition) is 0. The Kier molecular flexibility index (Phi) is 4.10. The summed E-state index contributed by atoms with van der Waals surface area (Å²) in [5, 5.41) is 0.796. The first-order valence-corrected chi connectivity index (χ1v) is 6.81. The summed E-state index contributed by atoms with van der Waals surface area (Å²) < 4.78 is 11.0. The molecule has 0 aromatic heterocycles. The summed E-state index contributed by atoms with van der Waals surface area (Å²) in [6.07, 6.45) is 4.00. The van der Waals surface area contributed by atoms with Crippen molar-refractivity contribution in [3.05, 3.63) is 23.8 Å². The third kappa shape index (κ3) is 2.70. The minimum atomic E-state index is 0.769. The van der Waals surface area contributed by atoms with E-state index < -0.39 is 0 Å². The Balaban J connectivity index is 2.00. The molecule has 1 aliphatic carbocycles. The molecule has 3 heteroatoms.